The van der Waals surface area contributed by atoms with E-state index in [9.17, 15) is 13.6 Å². The molecule has 2 aliphatic heterocycles. The summed E-state index contributed by atoms with van der Waals surface area (Å²) in [4.78, 5) is 14.3. The molecular formula is C26H34F2N4O6. The maximum Gasteiger partial charge on any atom is 0.410 e. The molecule has 0 unspecified atom stereocenters. The normalized spacial score (nSPS) is 17.7. The highest BCUT2D eigenvalue weighted by Gasteiger charge is 2.30. The number of alkyl halides is 2. The number of rotatable bonds is 8. The van der Waals surface area contributed by atoms with E-state index in [0.717, 1.165) is 24.0 Å². The topological polar surface area (TPSA) is 104 Å². The van der Waals surface area contributed by atoms with Crippen molar-refractivity contribution in [2.75, 3.05) is 38.9 Å². The number of piperidine rings is 1. The third-order valence-corrected chi connectivity index (χ3v) is 6.11. The monoisotopic (exact) mass is 536 g/mol. The van der Waals surface area contributed by atoms with E-state index in [1.54, 1.807) is 11.0 Å². The van der Waals surface area contributed by atoms with E-state index in [2.05, 4.69) is 20.3 Å². The smallest absolute Gasteiger partial charge is 0.410 e. The SMILES string of the molecule is COCOc1cc(OC(F)F)ccc1-c1nnc(N[C@@H]2CCCN(C(=O)OC(C)(C)C)C2)c2c1CCOC2. The van der Waals surface area contributed by atoms with Crippen LogP contribution in [0, 0.1) is 0 Å². The van der Waals surface area contributed by atoms with Gasteiger partial charge in [0.15, 0.2) is 12.6 Å². The lowest BCUT2D eigenvalue weighted by atomic mass is 9.97. The van der Waals surface area contributed by atoms with Gasteiger partial charge in [0.2, 0.25) is 0 Å². The highest BCUT2D eigenvalue weighted by Crippen LogP contribution is 2.38. The highest BCUT2D eigenvalue weighted by atomic mass is 19.3. The van der Waals surface area contributed by atoms with Gasteiger partial charge in [0, 0.05) is 43.4 Å². The lowest BCUT2D eigenvalue weighted by molar-refractivity contribution is -0.0500. The number of carbonyl (C=O) groups is 1. The van der Waals surface area contributed by atoms with E-state index in [4.69, 9.17) is 18.9 Å². The number of nitrogens with one attached hydrogen (secondary N) is 1. The van der Waals surface area contributed by atoms with Crippen LogP contribution in [0.4, 0.5) is 19.4 Å². The van der Waals surface area contributed by atoms with E-state index in [-0.39, 0.29) is 30.4 Å². The van der Waals surface area contributed by atoms with Crippen molar-refractivity contribution in [3.8, 4) is 22.8 Å². The Hall–Kier alpha value is -3.25. The molecule has 0 radical (unpaired) electrons. The summed E-state index contributed by atoms with van der Waals surface area (Å²) in [6.07, 6.45) is 1.94. The molecule has 1 N–H and O–H groups in total. The fourth-order valence-electron chi connectivity index (χ4n) is 4.51. The molecule has 2 aromatic rings. The summed E-state index contributed by atoms with van der Waals surface area (Å²) in [6.45, 7) is 4.45. The van der Waals surface area contributed by atoms with Crippen LogP contribution in [0.5, 0.6) is 11.5 Å². The Morgan fingerprint density at radius 3 is 2.82 bits per heavy atom. The Morgan fingerprint density at radius 1 is 1.26 bits per heavy atom. The van der Waals surface area contributed by atoms with Gasteiger partial charge >= 0.3 is 12.7 Å². The molecule has 12 heteroatoms. The quantitative estimate of drug-likeness (QED) is 0.484. The second kappa shape index (κ2) is 12.1. The first-order chi connectivity index (χ1) is 18.1. The zero-order chi connectivity index (χ0) is 27.3. The number of amides is 1. The van der Waals surface area contributed by atoms with Crippen LogP contribution in [0.15, 0.2) is 18.2 Å². The van der Waals surface area contributed by atoms with Crippen LogP contribution >= 0.6 is 0 Å². The van der Waals surface area contributed by atoms with Gasteiger partial charge in [-0.1, -0.05) is 0 Å². The number of methoxy groups -OCH3 is 1. The molecule has 3 heterocycles. The number of ether oxygens (including phenoxy) is 5. The van der Waals surface area contributed by atoms with Crippen LogP contribution in [0.25, 0.3) is 11.3 Å². The lowest BCUT2D eigenvalue weighted by Gasteiger charge is -2.35. The van der Waals surface area contributed by atoms with Crippen LogP contribution in [0.1, 0.15) is 44.7 Å². The molecule has 0 saturated carbocycles. The number of fused-ring (bicyclic) bond motifs is 1. The van der Waals surface area contributed by atoms with Crippen LogP contribution in [-0.4, -0.2) is 73.0 Å². The second-order valence-electron chi connectivity index (χ2n) is 10.2. The minimum atomic E-state index is -2.96. The third-order valence-electron chi connectivity index (χ3n) is 6.11. The lowest BCUT2D eigenvalue weighted by Crippen LogP contribution is -2.47. The van der Waals surface area contributed by atoms with Crippen LogP contribution in [0.2, 0.25) is 0 Å². The third kappa shape index (κ3) is 6.98. The maximum atomic E-state index is 12.8. The largest absolute Gasteiger partial charge is 0.467 e. The Kier molecular flexibility index (Phi) is 8.83. The Balaban J connectivity index is 1.60. The number of hydrogen-bond acceptors (Lipinski definition) is 9. The van der Waals surface area contributed by atoms with Crippen molar-refractivity contribution in [1.29, 1.82) is 0 Å². The molecule has 0 bridgehead atoms. The molecule has 1 saturated heterocycles. The van der Waals surface area contributed by atoms with E-state index >= 15 is 0 Å². The van der Waals surface area contributed by atoms with Gasteiger partial charge < -0.3 is 33.9 Å². The average molecular weight is 537 g/mol. The number of hydrogen-bond donors (Lipinski definition) is 1. The standard InChI is InChI=1S/C26H34F2N4O6/c1-26(2,3)38-25(33)32-10-5-6-16(13-32)29-23-20-14-35-11-9-18(20)22(30-31-23)19-8-7-17(37-24(27)28)12-21(19)36-15-34-4/h7-8,12,16,24H,5-6,9-11,13-15H2,1-4H3,(H,29,31)/t16-/m1/s1. The number of anilines is 1. The fraction of sp³-hybridized carbons (Fsp3) is 0.577. The summed E-state index contributed by atoms with van der Waals surface area (Å²) in [7, 11) is 1.47. The van der Waals surface area contributed by atoms with Crippen LogP contribution in [-0.2, 0) is 27.2 Å². The first-order valence-electron chi connectivity index (χ1n) is 12.6. The molecular weight excluding hydrogens is 502 g/mol. The van der Waals surface area contributed by atoms with Crippen molar-refractivity contribution in [2.24, 2.45) is 0 Å². The maximum absolute atomic E-state index is 12.8. The fourth-order valence-corrected chi connectivity index (χ4v) is 4.51. The predicted molar refractivity (Wildman–Crippen MR) is 134 cm³/mol. The average Bonchev–Trinajstić information content (AvgIpc) is 2.87. The van der Waals surface area contributed by atoms with Crippen molar-refractivity contribution < 1.29 is 37.3 Å². The number of benzene rings is 1. The predicted octanol–water partition coefficient (Wildman–Crippen LogP) is 4.61. The van der Waals surface area contributed by atoms with Crippen molar-refractivity contribution in [3.05, 3.63) is 29.3 Å². The van der Waals surface area contributed by atoms with Crippen LogP contribution < -0.4 is 14.8 Å². The minimum Gasteiger partial charge on any atom is -0.467 e. The summed E-state index contributed by atoms with van der Waals surface area (Å²) in [5.41, 5.74) is 2.38. The number of likely N-dealkylation sites (tertiary alicyclic amines) is 1. The van der Waals surface area contributed by atoms with Gasteiger partial charge in [-0.15, -0.1) is 10.2 Å². The molecule has 0 aliphatic carbocycles. The van der Waals surface area contributed by atoms with E-state index in [1.165, 1.54) is 19.2 Å². The first-order valence-corrected chi connectivity index (χ1v) is 12.6. The van der Waals surface area contributed by atoms with Crippen molar-refractivity contribution >= 4 is 11.9 Å². The van der Waals surface area contributed by atoms with Gasteiger partial charge in [-0.2, -0.15) is 8.78 Å². The number of halogens is 2. The minimum absolute atomic E-state index is 0.0335. The summed E-state index contributed by atoms with van der Waals surface area (Å²) in [6, 6.07) is 4.41. The molecule has 1 fully saturated rings. The van der Waals surface area contributed by atoms with E-state index in [0.29, 0.717) is 49.8 Å². The van der Waals surface area contributed by atoms with Gasteiger partial charge in [-0.05, 0) is 57.7 Å². The zero-order valence-corrected chi connectivity index (χ0v) is 22.1. The number of nitrogens with zero attached hydrogens (tertiary/aromatic N) is 3. The second-order valence-corrected chi connectivity index (χ2v) is 10.2. The van der Waals surface area contributed by atoms with Gasteiger partial charge in [-0.25, -0.2) is 4.79 Å². The van der Waals surface area contributed by atoms with Gasteiger partial charge in [0.25, 0.3) is 0 Å². The van der Waals surface area contributed by atoms with Crippen molar-refractivity contribution in [3.63, 3.8) is 0 Å². The molecule has 208 valence electrons. The first kappa shape index (κ1) is 27.8. The molecule has 1 atom stereocenters. The van der Waals surface area contributed by atoms with Gasteiger partial charge in [0.1, 0.15) is 22.8 Å². The highest BCUT2D eigenvalue weighted by molar-refractivity contribution is 5.74. The number of aromatic nitrogens is 2. The summed E-state index contributed by atoms with van der Waals surface area (Å²) < 4.78 is 52.0. The molecule has 1 aromatic heterocycles. The number of carbonyl (C=O) groups excluding carboxylic acids is 1. The summed E-state index contributed by atoms with van der Waals surface area (Å²) >= 11 is 0. The molecule has 10 nitrogen and oxygen atoms in total. The van der Waals surface area contributed by atoms with Crippen molar-refractivity contribution in [2.45, 2.75) is 64.9 Å². The van der Waals surface area contributed by atoms with Gasteiger partial charge in [-0.3, -0.25) is 0 Å². The van der Waals surface area contributed by atoms with Gasteiger partial charge in [0.05, 0.1) is 13.2 Å². The molecule has 1 aromatic carbocycles. The molecule has 4 rings (SSSR count). The zero-order valence-electron chi connectivity index (χ0n) is 22.1. The van der Waals surface area contributed by atoms with E-state index < -0.39 is 12.2 Å². The van der Waals surface area contributed by atoms with Crippen molar-refractivity contribution in [1.82, 2.24) is 15.1 Å². The summed E-state index contributed by atoms with van der Waals surface area (Å²) in [5, 5.41) is 12.4. The molecule has 0 spiro atoms. The Bertz CT molecular complexity index is 1130. The summed E-state index contributed by atoms with van der Waals surface area (Å²) in [5.74, 6) is 0.843. The molecule has 2 aliphatic rings. The Morgan fingerprint density at radius 2 is 2.08 bits per heavy atom. The Labute approximate surface area is 220 Å². The van der Waals surface area contributed by atoms with Crippen LogP contribution in [0.3, 0.4) is 0 Å². The molecule has 38 heavy (non-hydrogen) atoms. The molecule has 1 amide bonds. The van der Waals surface area contributed by atoms with E-state index in [1.807, 2.05) is 20.8 Å².